The van der Waals surface area contributed by atoms with Crippen LogP contribution in [0.15, 0.2) is 45.1 Å². The molecular formula is C20H40N4O4Si. The van der Waals surface area contributed by atoms with Crippen molar-refractivity contribution < 1.29 is 18.1 Å². The molecular weight excluding hydrogens is 388 g/mol. The maximum absolute atomic E-state index is 5.85. The largest absolute Gasteiger partial charge is 0.769 e. The van der Waals surface area contributed by atoms with Crippen molar-refractivity contribution in [1.29, 1.82) is 0 Å². The maximum atomic E-state index is 5.85. The molecule has 0 aromatic rings. The first-order valence-electron chi connectivity index (χ1n) is 9.63. The maximum Gasteiger partial charge on any atom is 0.769 e. The Hall–Kier alpha value is -1.78. The van der Waals surface area contributed by atoms with Crippen LogP contribution in [0.1, 0.15) is 83.1 Å². The molecule has 0 heterocycles. The highest BCUT2D eigenvalue weighted by molar-refractivity contribution is 6.53. The highest BCUT2D eigenvalue weighted by Gasteiger charge is 2.52. The van der Waals surface area contributed by atoms with Gasteiger partial charge in [-0.25, -0.2) is 18.1 Å². The van der Waals surface area contributed by atoms with Gasteiger partial charge in [0.25, 0.3) is 0 Å². The van der Waals surface area contributed by atoms with Gasteiger partial charge in [0.15, 0.2) is 0 Å². The number of hydrogen-bond donors (Lipinski definition) is 4. The average Bonchev–Trinajstić information content (AvgIpc) is 2.64. The van der Waals surface area contributed by atoms with Gasteiger partial charge in [-0.1, -0.05) is 22.3 Å². The normalized spacial score (nSPS) is 10.6. The van der Waals surface area contributed by atoms with Crippen molar-refractivity contribution in [2.45, 2.75) is 83.1 Å². The summed E-state index contributed by atoms with van der Waals surface area (Å²) in [5.41, 5.74) is 19.1. The van der Waals surface area contributed by atoms with E-state index in [1.807, 2.05) is 83.1 Å². The molecule has 9 heteroatoms. The van der Waals surface area contributed by atoms with Gasteiger partial charge in [0, 0.05) is 22.8 Å². The van der Waals surface area contributed by atoms with Crippen molar-refractivity contribution in [3.8, 4) is 0 Å². The molecule has 0 radical (unpaired) electrons. The van der Waals surface area contributed by atoms with Crippen LogP contribution in [0.2, 0.25) is 0 Å². The molecule has 0 fully saturated rings. The van der Waals surface area contributed by atoms with E-state index in [9.17, 15) is 0 Å². The van der Waals surface area contributed by atoms with Gasteiger partial charge in [-0.05, 0) is 83.1 Å². The Morgan fingerprint density at radius 2 is 0.552 bits per heavy atom. The molecule has 0 amide bonds. The highest BCUT2D eigenvalue weighted by atomic mass is 28.4. The lowest BCUT2D eigenvalue weighted by Crippen LogP contribution is -2.59. The van der Waals surface area contributed by atoms with Gasteiger partial charge < -0.3 is 0 Å². The first-order chi connectivity index (χ1) is 13.3. The van der Waals surface area contributed by atoms with Crippen LogP contribution in [0, 0.1) is 0 Å². The summed E-state index contributed by atoms with van der Waals surface area (Å²) < 4.78 is 23.4. The van der Waals surface area contributed by atoms with Gasteiger partial charge in [-0.2, -0.15) is 0 Å². The van der Waals surface area contributed by atoms with Gasteiger partial charge in [0.1, 0.15) is 0 Å². The van der Waals surface area contributed by atoms with Gasteiger partial charge in [0.05, 0.1) is 0 Å². The molecule has 29 heavy (non-hydrogen) atoms. The molecule has 0 unspecified atom stereocenters. The van der Waals surface area contributed by atoms with E-state index >= 15 is 0 Å². The summed E-state index contributed by atoms with van der Waals surface area (Å²) in [6.45, 7) is 23.4. The van der Waals surface area contributed by atoms with Gasteiger partial charge in [0.2, 0.25) is 0 Å². The summed E-state index contributed by atoms with van der Waals surface area (Å²) in [7, 11) is -3.81. The molecule has 0 aromatic heterocycles. The second-order valence-corrected chi connectivity index (χ2v) is 9.63. The SMILES string of the molecule is CC(C)=C(C)NO[Si](ONC(C)=C(C)C)(ONC(C)=C(C)C)ONC(C)=C(C)C. The summed E-state index contributed by atoms with van der Waals surface area (Å²) in [6, 6.07) is 0. The fourth-order valence-electron chi connectivity index (χ4n) is 1.09. The van der Waals surface area contributed by atoms with Crippen molar-refractivity contribution in [1.82, 2.24) is 21.9 Å². The van der Waals surface area contributed by atoms with E-state index in [-0.39, 0.29) is 0 Å². The van der Waals surface area contributed by atoms with Crippen LogP contribution in [-0.2, 0) is 18.1 Å². The zero-order valence-electron chi connectivity index (χ0n) is 20.1. The summed E-state index contributed by atoms with van der Waals surface area (Å²) >= 11 is 0. The Balaban J connectivity index is 5.84. The molecule has 0 aliphatic carbocycles. The molecule has 0 bridgehead atoms. The third-order valence-corrected chi connectivity index (χ3v) is 5.72. The van der Waals surface area contributed by atoms with E-state index in [2.05, 4.69) is 21.9 Å². The smallest absolute Gasteiger partial charge is 0.276 e. The number of hydrogen-bond acceptors (Lipinski definition) is 8. The third-order valence-electron chi connectivity index (χ3n) is 4.32. The molecule has 4 N–H and O–H groups in total. The molecule has 0 saturated heterocycles. The fraction of sp³-hybridized carbons (Fsp3) is 0.600. The number of rotatable bonds is 12. The van der Waals surface area contributed by atoms with Gasteiger partial charge in [-0.3, -0.25) is 21.9 Å². The van der Waals surface area contributed by atoms with E-state index in [4.69, 9.17) is 18.1 Å². The number of hydroxylamine groups is 4. The first kappa shape index (κ1) is 27.2. The van der Waals surface area contributed by atoms with Crippen LogP contribution >= 0.6 is 0 Å². The van der Waals surface area contributed by atoms with E-state index in [1.54, 1.807) is 0 Å². The molecule has 0 atom stereocenters. The van der Waals surface area contributed by atoms with Crippen molar-refractivity contribution in [2.75, 3.05) is 0 Å². The average molecular weight is 429 g/mol. The fourth-order valence-corrected chi connectivity index (χ4v) is 2.45. The zero-order chi connectivity index (χ0) is 22.8. The minimum Gasteiger partial charge on any atom is -0.276 e. The molecule has 0 saturated carbocycles. The molecule has 0 aliphatic heterocycles. The summed E-state index contributed by atoms with van der Waals surface area (Å²) in [5.74, 6) is 0. The molecule has 0 aliphatic rings. The minimum atomic E-state index is -3.81. The van der Waals surface area contributed by atoms with Crippen LogP contribution in [-0.4, -0.2) is 9.05 Å². The molecule has 168 valence electrons. The molecule has 0 spiro atoms. The Kier molecular flexibility index (Phi) is 11.9. The second kappa shape index (κ2) is 12.7. The van der Waals surface area contributed by atoms with Crippen LogP contribution in [0.25, 0.3) is 0 Å². The number of nitrogens with one attached hydrogen (secondary N) is 4. The van der Waals surface area contributed by atoms with E-state index in [0.717, 1.165) is 45.1 Å². The van der Waals surface area contributed by atoms with E-state index in [1.165, 1.54) is 0 Å². The van der Waals surface area contributed by atoms with Gasteiger partial charge >= 0.3 is 9.05 Å². The highest BCUT2D eigenvalue weighted by Crippen LogP contribution is 2.13. The van der Waals surface area contributed by atoms with Gasteiger partial charge in [-0.15, -0.1) is 0 Å². The Morgan fingerprint density at radius 3 is 0.690 bits per heavy atom. The van der Waals surface area contributed by atoms with E-state index in [0.29, 0.717) is 0 Å². The summed E-state index contributed by atoms with van der Waals surface area (Å²) in [5, 5.41) is 0. The Labute approximate surface area is 177 Å². The standard InChI is InChI=1S/C20H40N4O4Si/c1-13(2)17(9)21-25-29(26-22-18(10)14(3)4,27-23-19(11)15(5)6)28-24-20(12)16(7)8/h21-24H,1-12H3. The van der Waals surface area contributed by atoms with Crippen LogP contribution in [0.3, 0.4) is 0 Å². The lowest BCUT2D eigenvalue weighted by Gasteiger charge is -2.29. The lowest BCUT2D eigenvalue weighted by molar-refractivity contribution is -0.107. The van der Waals surface area contributed by atoms with Crippen LogP contribution in [0.4, 0.5) is 0 Å². The Bertz CT molecular complexity index is 550. The quantitative estimate of drug-likeness (QED) is 0.261. The van der Waals surface area contributed by atoms with Crippen molar-refractivity contribution in [3.63, 3.8) is 0 Å². The predicted octanol–water partition coefficient (Wildman–Crippen LogP) is 4.76. The minimum absolute atomic E-state index is 0.828. The molecule has 0 aromatic carbocycles. The first-order valence-corrected chi connectivity index (χ1v) is 11.3. The van der Waals surface area contributed by atoms with E-state index < -0.39 is 9.05 Å². The van der Waals surface area contributed by atoms with Crippen LogP contribution in [0.5, 0.6) is 0 Å². The second-order valence-electron chi connectivity index (χ2n) is 7.82. The van der Waals surface area contributed by atoms with Crippen LogP contribution < -0.4 is 21.9 Å². The van der Waals surface area contributed by atoms with Crippen molar-refractivity contribution in [3.05, 3.63) is 45.1 Å². The Morgan fingerprint density at radius 1 is 0.379 bits per heavy atom. The summed E-state index contributed by atoms with van der Waals surface area (Å²) in [4.78, 5) is 0. The van der Waals surface area contributed by atoms with Crippen molar-refractivity contribution in [2.24, 2.45) is 0 Å². The summed E-state index contributed by atoms with van der Waals surface area (Å²) in [6.07, 6.45) is 0. The monoisotopic (exact) mass is 428 g/mol. The number of allylic oxidation sites excluding steroid dienone is 8. The lowest BCUT2D eigenvalue weighted by atomic mass is 10.3. The topological polar surface area (TPSA) is 85.0 Å². The predicted molar refractivity (Wildman–Crippen MR) is 119 cm³/mol. The zero-order valence-corrected chi connectivity index (χ0v) is 21.1. The van der Waals surface area contributed by atoms with Crippen molar-refractivity contribution >= 4 is 9.05 Å². The molecule has 0 rings (SSSR count). The molecule has 8 nitrogen and oxygen atoms in total. The third kappa shape index (κ3) is 10.5.